The van der Waals surface area contributed by atoms with Gasteiger partial charge < -0.3 is 25.5 Å². The highest BCUT2D eigenvalue weighted by atomic mass is 16.5. The minimum absolute atomic E-state index is 0.352. The van der Waals surface area contributed by atoms with E-state index in [1.165, 1.54) is 0 Å². The Bertz CT molecular complexity index is 818. The minimum Gasteiger partial charge on any atom is -0.497 e. The lowest BCUT2D eigenvalue weighted by atomic mass is 10.1. The lowest BCUT2D eigenvalue weighted by molar-refractivity contribution is 0.185. The molecule has 1 aromatic carbocycles. The standard InChI is InChI=1S/C17H22N6O2/c1-3-18-8-12(24)9-19-17-22-14(15-16(23-17)21-10-20-15)11-4-6-13(25-2)7-5-11/h4-7,10,12,18,24H,3,8-9H2,1-2H3,(H2,19,20,21,22,23). The number of nitrogens with zero attached hydrogens (tertiary/aromatic N) is 3. The normalized spacial score (nSPS) is 12.3. The molecule has 1 atom stereocenters. The van der Waals surface area contributed by atoms with Crippen LogP contribution in [0.2, 0.25) is 0 Å². The zero-order chi connectivity index (χ0) is 17.6. The number of ether oxygens (including phenoxy) is 1. The topological polar surface area (TPSA) is 108 Å². The third-order valence-corrected chi connectivity index (χ3v) is 3.77. The number of aromatic nitrogens is 4. The Hall–Kier alpha value is -2.71. The van der Waals surface area contributed by atoms with Gasteiger partial charge in [-0.2, -0.15) is 4.98 Å². The monoisotopic (exact) mass is 342 g/mol. The van der Waals surface area contributed by atoms with Crippen molar-refractivity contribution in [1.82, 2.24) is 25.3 Å². The Kier molecular flexibility index (Phi) is 5.42. The van der Waals surface area contributed by atoms with E-state index in [-0.39, 0.29) is 0 Å². The molecule has 25 heavy (non-hydrogen) atoms. The number of hydrogen-bond acceptors (Lipinski definition) is 7. The second kappa shape index (κ2) is 7.91. The average molecular weight is 342 g/mol. The Balaban J connectivity index is 1.85. The zero-order valence-corrected chi connectivity index (χ0v) is 14.3. The van der Waals surface area contributed by atoms with Crippen molar-refractivity contribution in [2.45, 2.75) is 13.0 Å². The highest BCUT2D eigenvalue weighted by Gasteiger charge is 2.13. The Morgan fingerprint density at radius 3 is 2.72 bits per heavy atom. The molecule has 4 N–H and O–H groups in total. The molecule has 3 rings (SSSR count). The largest absolute Gasteiger partial charge is 0.497 e. The van der Waals surface area contributed by atoms with Gasteiger partial charge in [0.05, 0.1) is 19.5 Å². The van der Waals surface area contributed by atoms with Crippen LogP contribution in [0.15, 0.2) is 30.6 Å². The summed E-state index contributed by atoms with van der Waals surface area (Å²) in [6.45, 7) is 3.68. The third kappa shape index (κ3) is 4.04. The molecule has 0 saturated heterocycles. The Morgan fingerprint density at radius 2 is 2.00 bits per heavy atom. The number of likely N-dealkylation sites (N-methyl/N-ethyl adjacent to an activating group) is 1. The summed E-state index contributed by atoms with van der Waals surface area (Å²) in [4.78, 5) is 16.3. The highest BCUT2D eigenvalue weighted by Crippen LogP contribution is 2.26. The molecule has 8 nitrogen and oxygen atoms in total. The van der Waals surface area contributed by atoms with Gasteiger partial charge in [-0.05, 0) is 30.8 Å². The van der Waals surface area contributed by atoms with Gasteiger partial charge in [0.1, 0.15) is 17.0 Å². The number of imidazole rings is 1. The zero-order valence-electron chi connectivity index (χ0n) is 14.3. The molecule has 0 aliphatic heterocycles. The van der Waals surface area contributed by atoms with Crippen molar-refractivity contribution in [3.63, 3.8) is 0 Å². The Morgan fingerprint density at radius 1 is 1.20 bits per heavy atom. The fourth-order valence-electron chi connectivity index (χ4n) is 2.46. The summed E-state index contributed by atoms with van der Waals surface area (Å²) < 4.78 is 5.20. The van der Waals surface area contributed by atoms with Gasteiger partial charge in [-0.1, -0.05) is 6.92 Å². The second-order valence-corrected chi connectivity index (χ2v) is 5.57. The number of fused-ring (bicyclic) bond motifs is 1. The molecule has 2 heterocycles. The fraction of sp³-hybridized carbons (Fsp3) is 0.353. The number of benzene rings is 1. The van der Waals surface area contributed by atoms with Gasteiger partial charge >= 0.3 is 0 Å². The molecule has 8 heteroatoms. The van der Waals surface area contributed by atoms with Gasteiger partial charge in [0, 0.05) is 18.7 Å². The van der Waals surface area contributed by atoms with Crippen LogP contribution in [0.5, 0.6) is 5.75 Å². The van der Waals surface area contributed by atoms with Gasteiger partial charge in [0.15, 0.2) is 5.65 Å². The first-order chi connectivity index (χ1) is 12.2. The van der Waals surface area contributed by atoms with Crippen molar-refractivity contribution < 1.29 is 9.84 Å². The van der Waals surface area contributed by atoms with Crippen molar-refractivity contribution in [2.75, 3.05) is 32.1 Å². The van der Waals surface area contributed by atoms with E-state index in [4.69, 9.17) is 4.74 Å². The van der Waals surface area contributed by atoms with Gasteiger partial charge in [0.2, 0.25) is 5.95 Å². The van der Waals surface area contributed by atoms with Crippen molar-refractivity contribution >= 4 is 17.1 Å². The van der Waals surface area contributed by atoms with Crippen LogP contribution in [0.1, 0.15) is 6.92 Å². The first-order valence-corrected chi connectivity index (χ1v) is 8.19. The quantitative estimate of drug-likeness (QED) is 0.490. The predicted molar refractivity (Wildman–Crippen MR) is 96.7 cm³/mol. The van der Waals surface area contributed by atoms with Gasteiger partial charge in [-0.15, -0.1) is 0 Å². The van der Waals surface area contributed by atoms with Crippen LogP contribution in [-0.2, 0) is 0 Å². The molecule has 0 amide bonds. The first-order valence-electron chi connectivity index (χ1n) is 8.19. The van der Waals surface area contributed by atoms with Gasteiger partial charge in [-0.3, -0.25) is 0 Å². The van der Waals surface area contributed by atoms with Crippen LogP contribution in [0.3, 0.4) is 0 Å². The van der Waals surface area contributed by atoms with Crippen molar-refractivity contribution in [3.8, 4) is 17.0 Å². The molecular formula is C17H22N6O2. The van der Waals surface area contributed by atoms with Crippen LogP contribution in [-0.4, -0.2) is 57.9 Å². The summed E-state index contributed by atoms with van der Waals surface area (Å²) in [5, 5.41) is 16.1. The lowest BCUT2D eigenvalue weighted by Crippen LogP contribution is -2.32. The smallest absolute Gasteiger partial charge is 0.225 e. The van der Waals surface area contributed by atoms with E-state index in [1.807, 2.05) is 31.2 Å². The van der Waals surface area contributed by atoms with Crippen molar-refractivity contribution in [3.05, 3.63) is 30.6 Å². The third-order valence-electron chi connectivity index (χ3n) is 3.77. The van der Waals surface area contributed by atoms with E-state index in [1.54, 1.807) is 13.4 Å². The van der Waals surface area contributed by atoms with E-state index in [9.17, 15) is 5.11 Å². The van der Waals surface area contributed by atoms with E-state index < -0.39 is 6.10 Å². The van der Waals surface area contributed by atoms with Crippen LogP contribution in [0.25, 0.3) is 22.4 Å². The number of methoxy groups -OCH3 is 1. The molecule has 0 fully saturated rings. The summed E-state index contributed by atoms with van der Waals surface area (Å²) in [6.07, 6.45) is 1.07. The molecule has 3 aromatic rings. The fourth-order valence-corrected chi connectivity index (χ4v) is 2.46. The molecule has 0 radical (unpaired) electrons. The number of H-pyrrole nitrogens is 1. The second-order valence-electron chi connectivity index (χ2n) is 5.57. The van der Waals surface area contributed by atoms with Crippen LogP contribution in [0.4, 0.5) is 5.95 Å². The number of aromatic amines is 1. The first kappa shape index (κ1) is 17.1. The summed E-state index contributed by atoms with van der Waals surface area (Å²) in [6, 6.07) is 7.64. The number of aliphatic hydroxyl groups is 1. The number of aliphatic hydroxyl groups excluding tert-OH is 1. The number of anilines is 1. The number of rotatable bonds is 8. The maximum absolute atomic E-state index is 9.94. The van der Waals surface area contributed by atoms with Crippen molar-refractivity contribution in [2.24, 2.45) is 0 Å². The SMILES string of the molecule is CCNCC(O)CNc1nc(-c2ccc(OC)cc2)c2[nH]cnc2n1. The molecule has 0 aliphatic rings. The summed E-state index contributed by atoms with van der Waals surface area (Å²) in [5.41, 5.74) is 3.01. The minimum atomic E-state index is -0.525. The number of hydrogen-bond donors (Lipinski definition) is 4. The lowest BCUT2D eigenvalue weighted by Gasteiger charge is -2.13. The molecule has 132 valence electrons. The maximum atomic E-state index is 9.94. The van der Waals surface area contributed by atoms with Gasteiger partial charge in [0.25, 0.3) is 0 Å². The highest BCUT2D eigenvalue weighted by molar-refractivity contribution is 5.88. The maximum Gasteiger partial charge on any atom is 0.225 e. The molecule has 0 aliphatic carbocycles. The van der Waals surface area contributed by atoms with E-state index in [2.05, 4.69) is 30.6 Å². The molecule has 2 aromatic heterocycles. The van der Waals surface area contributed by atoms with Crippen LogP contribution >= 0.6 is 0 Å². The average Bonchev–Trinajstić information content (AvgIpc) is 3.12. The summed E-state index contributed by atoms with van der Waals surface area (Å²) >= 11 is 0. The molecule has 1 unspecified atom stereocenters. The summed E-state index contributed by atoms with van der Waals surface area (Å²) in [5.74, 6) is 1.21. The predicted octanol–water partition coefficient (Wildman–Crippen LogP) is 1.41. The van der Waals surface area contributed by atoms with Crippen LogP contribution < -0.4 is 15.4 Å². The Labute approximate surface area is 145 Å². The summed E-state index contributed by atoms with van der Waals surface area (Å²) in [7, 11) is 1.63. The van der Waals surface area contributed by atoms with E-state index >= 15 is 0 Å². The molecule has 0 saturated carbocycles. The molecule has 0 bridgehead atoms. The van der Waals surface area contributed by atoms with E-state index in [0.29, 0.717) is 24.7 Å². The van der Waals surface area contributed by atoms with E-state index in [0.717, 1.165) is 29.1 Å². The van der Waals surface area contributed by atoms with Crippen LogP contribution in [0, 0.1) is 0 Å². The molecular weight excluding hydrogens is 320 g/mol. The van der Waals surface area contributed by atoms with Crippen molar-refractivity contribution in [1.29, 1.82) is 0 Å². The number of nitrogens with one attached hydrogen (secondary N) is 3. The van der Waals surface area contributed by atoms with Gasteiger partial charge in [-0.25, -0.2) is 9.97 Å². The molecule has 0 spiro atoms.